The predicted octanol–water partition coefficient (Wildman–Crippen LogP) is -0.0665. The molecule has 14 heteroatoms. The summed E-state index contributed by atoms with van der Waals surface area (Å²) in [7, 11) is 0. The van der Waals surface area contributed by atoms with E-state index >= 15 is 0 Å². The molecule has 13 nitrogen and oxygen atoms in total. The third kappa shape index (κ3) is 10.2. The highest BCUT2D eigenvalue weighted by Gasteiger charge is 2.31. The van der Waals surface area contributed by atoms with E-state index in [0.29, 0.717) is 31.6 Å². The molecule has 0 aliphatic carbocycles. The molecule has 1 aromatic carbocycles. The van der Waals surface area contributed by atoms with Crippen LogP contribution in [-0.4, -0.2) is 87.6 Å². The van der Waals surface area contributed by atoms with Crippen LogP contribution in [0, 0.1) is 0 Å². The Morgan fingerprint density at radius 1 is 0.925 bits per heavy atom. The Balaban J connectivity index is 2.29. The number of thioether (sulfide) groups is 1. The van der Waals surface area contributed by atoms with Crippen LogP contribution in [0.3, 0.4) is 0 Å². The Labute approximate surface area is 236 Å². The van der Waals surface area contributed by atoms with Crippen LogP contribution < -0.4 is 27.4 Å². The number of nitrogens with one attached hydrogen (secondary N) is 4. The molecule has 10 N–H and O–H groups in total. The number of aliphatic carboxylic acids is 2. The van der Waals surface area contributed by atoms with E-state index < -0.39 is 60.2 Å². The number of carboxylic acids is 2. The van der Waals surface area contributed by atoms with Gasteiger partial charge < -0.3 is 42.6 Å². The van der Waals surface area contributed by atoms with Crippen LogP contribution in [0.15, 0.2) is 30.5 Å². The Bertz CT molecular complexity index is 1170. The van der Waals surface area contributed by atoms with Crippen LogP contribution in [0.25, 0.3) is 10.9 Å². The number of aromatic amines is 1. The summed E-state index contributed by atoms with van der Waals surface area (Å²) >= 11 is 1.53. The second-order valence-corrected chi connectivity index (χ2v) is 10.3. The van der Waals surface area contributed by atoms with Gasteiger partial charge in [-0.1, -0.05) is 18.2 Å². The Kier molecular flexibility index (Phi) is 13.4. The molecule has 4 unspecified atom stereocenters. The summed E-state index contributed by atoms with van der Waals surface area (Å²) in [6, 6.07) is 2.63. The molecule has 0 fully saturated rings. The van der Waals surface area contributed by atoms with Crippen molar-refractivity contribution in [2.24, 2.45) is 11.5 Å². The van der Waals surface area contributed by atoms with Crippen LogP contribution >= 0.6 is 11.8 Å². The maximum absolute atomic E-state index is 13.5. The smallest absolute Gasteiger partial charge is 0.326 e. The maximum Gasteiger partial charge on any atom is 0.326 e. The standard InChI is InChI=1S/C26H38N6O7S/c1-40-11-9-17(28)23(35)31-20(12-15-14-29-18-7-3-2-6-16(15)18)25(37)30-19(8-4-5-10-27)24(36)32-21(26(38)39)13-22(33)34/h2-3,6-7,14,17,19-21,29H,4-5,8-13,27-28H2,1H3,(H,30,37)(H,31,35)(H,32,36)(H,33,34)(H,38,39). The van der Waals surface area contributed by atoms with Crippen molar-refractivity contribution in [2.45, 2.75) is 62.7 Å². The van der Waals surface area contributed by atoms with Gasteiger partial charge in [0.25, 0.3) is 0 Å². The summed E-state index contributed by atoms with van der Waals surface area (Å²) in [5.74, 6) is -4.33. The summed E-state index contributed by atoms with van der Waals surface area (Å²) in [6.07, 6.45) is 4.37. The molecular formula is C26H38N6O7S. The molecule has 2 aromatic rings. The minimum Gasteiger partial charge on any atom is -0.481 e. The first-order valence-electron chi connectivity index (χ1n) is 12.9. The Hall–Kier alpha value is -3.62. The number of hydrogen-bond donors (Lipinski definition) is 8. The lowest BCUT2D eigenvalue weighted by Gasteiger charge is -2.25. The number of carboxylic acid groups (broad SMARTS) is 2. The molecule has 1 heterocycles. The van der Waals surface area contributed by atoms with Gasteiger partial charge in [0.05, 0.1) is 12.5 Å². The van der Waals surface area contributed by atoms with E-state index in [-0.39, 0.29) is 12.8 Å². The van der Waals surface area contributed by atoms with Gasteiger partial charge in [0.1, 0.15) is 18.1 Å². The van der Waals surface area contributed by atoms with Gasteiger partial charge in [-0.2, -0.15) is 11.8 Å². The van der Waals surface area contributed by atoms with Gasteiger partial charge in [0, 0.05) is 23.5 Å². The minimum absolute atomic E-state index is 0.0880. The number of carbonyl (C=O) groups is 5. The average Bonchev–Trinajstić information content (AvgIpc) is 3.32. The van der Waals surface area contributed by atoms with Crippen molar-refractivity contribution in [1.82, 2.24) is 20.9 Å². The van der Waals surface area contributed by atoms with Crippen molar-refractivity contribution in [3.05, 3.63) is 36.0 Å². The largest absolute Gasteiger partial charge is 0.481 e. The molecule has 0 aliphatic heterocycles. The molecule has 0 saturated carbocycles. The maximum atomic E-state index is 13.5. The monoisotopic (exact) mass is 578 g/mol. The number of hydrogen-bond acceptors (Lipinski definition) is 8. The molecule has 3 amide bonds. The molecule has 1 aromatic heterocycles. The summed E-state index contributed by atoms with van der Waals surface area (Å²) in [5.41, 5.74) is 13.2. The van der Waals surface area contributed by atoms with Crippen molar-refractivity contribution < 1.29 is 34.2 Å². The zero-order chi connectivity index (χ0) is 29.7. The normalized spacial score (nSPS) is 14.1. The van der Waals surface area contributed by atoms with Crippen molar-refractivity contribution in [3.63, 3.8) is 0 Å². The van der Waals surface area contributed by atoms with Gasteiger partial charge in [0.15, 0.2) is 0 Å². The number of nitrogens with two attached hydrogens (primary N) is 2. The van der Waals surface area contributed by atoms with Gasteiger partial charge in [-0.15, -0.1) is 0 Å². The van der Waals surface area contributed by atoms with Gasteiger partial charge >= 0.3 is 11.9 Å². The van der Waals surface area contributed by atoms with Crippen molar-refractivity contribution in [2.75, 3.05) is 18.6 Å². The number of fused-ring (bicyclic) bond motifs is 1. The van der Waals surface area contributed by atoms with Crippen LogP contribution in [0.5, 0.6) is 0 Å². The molecule has 0 bridgehead atoms. The number of H-pyrrole nitrogens is 1. The van der Waals surface area contributed by atoms with E-state index in [0.717, 1.165) is 16.5 Å². The fourth-order valence-electron chi connectivity index (χ4n) is 4.07. The number of unbranched alkanes of at least 4 members (excludes halogenated alkanes) is 1. The number of aromatic nitrogens is 1. The van der Waals surface area contributed by atoms with E-state index in [1.165, 1.54) is 11.8 Å². The molecule has 0 aliphatic rings. The van der Waals surface area contributed by atoms with E-state index in [4.69, 9.17) is 16.6 Å². The zero-order valence-electron chi connectivity index (χ0n) is 22.4. The SMILES string of the molecule is CSCCC(N)C(=O)NC(Cc1c[nH]c2ccccc12)C(=O)NC(CCCCN)C(=O)NC(CC(=O)O)C(=O)O. The topological polar surface area (TPSA) is 230 Å². The first kappa shape index (κ1) is 32.6. The third-order valence-corrected chi connectivity index (χ3v) is 6.92. The summed E-state index contributed by atoms with van der Waals surface area (Å²) in [5, 5.41) is 26.7. The molecule has 40 heavy (non-hydrogen) atoms. The van der Waals surface area contributed by atoms with E-state index in [1.54, 1.807) is 6.20 Å². The Morgan fingerprint density at radius 2 is 1.57 bits per heavy atom. The van der Waals surface area contributed by atoms with Crippen LogP contribution in [0.2, 0.25) is 0 Å². The summed E-state index contributed by atoms with van der Waals surface area (Å²) in [6.45, 7) is 0.340. The lowest BCUT2D eigenvalue weighted by molar-refractivity contribution is -0.147. The molecule has 0 spiro atoms. The zero-order valence-corrected chi connectivity index (χ0v) is 23.2. The lowest BCUT2D eigenvalue weighted by atomic mass is 10.0. The predicted molar refractivity (Wildman–Crippen MR) is 152 cm³/mol. The average molecular weight is 579 g/mol. The van der Waals surface area contributed by atoms with Gasteiger partial charge in [-0.25, -0.2) is 4.79 Å². The minimum atomic E-state index is -1.69. The molecule has 220 valence electrons. The fraction of sp³-hybridized carbons (Fsp3) is 0.500. The second-order valence-electron chi connectivity index (χ2n) is 9.36. The van der Waals surface area contributed by atoms with Gasteiger partial charge in [-0.3, -0.25) is 19.2 Å². The third-order valence-electron chi connectivity index (χ3n) is 6.27. The highest BCUT2D eigenvalue weighted by molar-refractivity contribution is 7.98. The number of benzene rings is 1. The van der Waals surface area contributed by atoms with Crippen molar-refractivity contribution in [3.8, 4) is 0 Å². The Morgan fingerprint density at radius 3 is 2.23 bits per heavy atom. The molecule has 0 saturated heterocycles. The highest BCUT2D eigenvalue weighted by Crippen LogP contribution is 2.19. The molecule has 0 radical (unpaired) electrons. The first-order chi connectivity index (χ1) is 19.1. The summed E-state index contributed by atoms with van der Waals surface area (Å²) < 4.78 is 0. The van der Waals surface area contributed by atoms with Crippen LogP contribution in [0.4, 0.5) is 0 Å². The van der Waals surface area contributed by atoms with Crippen molar-refractivity contribution >= 4 is 52.3 Å². The molecule has 4 atom stereocenters. The second kappa shape index (κ2) is 16.5. The summed E-state index contributed by atoms with van der Waals surface area (Å²) in [4.78, 5) is 65.1. The number of carbonyl (C=O) groups excluding carboxylic acids is 3. The van der Waals surface area contributed by atoms with E-state index in [1.807, 2.05) is 30.5 Å². The van der Waals surface area contributed by atoms with Crippen LogP contribution in [-0.2, 0) is 30.4 Å². The number of rotatable bonds is 18. The van der Waals surface area contributed by atoms with E-state index in [2.05, 4.69) is 20.9 Å². The number of para-hydroxylation sites is 1. The van der Waals surface area contributed by atoms with E-state index in [9.17, 15) is 29.1 Å². The van der Waals surface area contributed by atoms with Crippen LogP contribution in [0.1, 0.15) is 37.7 Å². The fourth-order valence-corrected chi connectivity index (χ4v) is 4.55. The highest BCUT2D eigenvalue weighted by atomic mass is 32.2. The van der Waals surface area contributed by atoms with Gasteiger partial charge in [-0.05, 0) is 55.9 Å². The van der Waals surface area contributed by atoms with Gasteiger partial charge in [0.2, 0.25) is 17.7 Å². The molecular weight excluding hydrogens is 540 g/mol. The number of amides is 3. The van der Waals surface area contributed by atoms with Crippen molar-refractivity contribution in [1.29, 1.82) is 0 Å². The molecule has 2 rings (SSSR count). The lowest BCUT2D eigenvalue weighted by Crippen LogP contribution is -2.57. The first-order valence-corrected chi connectivity index (χ1v) is 14.3. The quantitative estimate of drug-likeness (QED) is 0.110.